The van der Waals surface area contributed by atoms with Crippen LogP contribution in [0.25, 0.3) is 22.3 Å². The summed E-state index contributed by atoms with van der Waals surface area (Å²) in [6, 6.07) is 9.17. The van der Waals surface area contributed by atoms with Crippen molar-refractivity contribution in [3.8, 4) is 11.4 Å². The molecule has 2 aromatic heterocycles. The molecule has 8 heteroatoms. The molecular formula is C20H18ClN3O4. The average Bonchev–Trinajstić information content (AvgIpc) is 3.02. The van der Waals surface area contributed by atoms with E-state index in [1.54, 1.807) is 17.6 Å². The molecular weight excluding hydrogens is 382 g/mol. The molecule has 144 valence electrons. The van der Waals surface area contributed by atoms with Crippen LogP contribution in [-0.2, 0) is 28.3 Å². The second-order valence-electron chi connectivity index (χ2n) is 7.01. The third-order valence-electron chi connectivity index (χ3n) is 5.59. The minimum atomic E-state index is -1.81. The molecule has 4 heterocycles. The molecule has 3 aromatic rings. The number of hydrogen-bond acceptors (Lipinski definition) is 6. The first kappa shape index (κ1) is 18.5. The highest BCUT2D eigenvalue weighted by atomic mass is 35.5. The molecule has 0 amide bonds. The molecule has 0 unspecified atom stereocenters. The summed E-state index contributed by atoms with van der Waals surface area (Å²) >= 11 is 0. The Bertz CT molecular complexity index is 1220. The van der Waals surface area contributed by atoms with Crippen LogP contribution in [0.5, 0.6) is 0 Å². The van der Waals surface area contributed by atoms with Gasteiger partial charge in [-0.15, -0.1) is 12.4 Å². The standard InChI is InChI=1S/C20H17N3O4.ClH/c1-2-20(26)13-7-16-17-10(6-11-14(21)4-3-5-15(11)22-17)8-23(16)18(24)12(13)9-27-19(20)25;/h3-7,26H,2,8-9,21H2,1H3;1H/t20-;/m0./s1. The van der Waals surface area contributed by atoms with Gasteiger partial charge in [0.1, 0.15) is 6.61 Å². The summed E-state index contributed by atoms with van der Waals surface area (Å²) in [7, 11) is 0. The minimum absolute atomic E-state index is 0. The van der Waals surface area contributed by atoms with Crippen LogP contribution in [0, 0.1) is 0 Å². The van der Waals surface area contributed by atoms with E-state index in [0.717, 1.165) is 16.5 Å². The second-order valence-corrected chi connectivity index (χ2v) is 7.01. The summed E-state index contributed by atoms with van der Waals surface area (Å²) in [4.78, 5) is 29.9. The number of anilines is 1. The molecule has 0 fully saturated rings. The van der Waals surface area contributed by atoms with Gasteiger partial charge in [0.15, 0.2) is 5.60 Å². The van der Waals surface area contributed by atoms with Crippen molar-refractivity contribution in [3.05, 3.63) is 57.4 Å². The van der Waals surface area contributed by atoms with Crippen LogP contribution in [0.1, 0.15) is 30.0 Å². The highest BCUT2D eigenvalue weighted by molar-refractivity contribution is 5.93. The number of benzene rings is 1. The lowest BCUT2D eigenvalue weighted by atomic mass is 9.86. The van der Waals surface area contributed by atoms with Crippen LogP contribution in [0.3, 0.4) is 0 Å². The number of pyridine rings is 2. The van der Waals surface area contributed by atoms with Gasteiger partial charge in [-0.2, -0.15) is 0 Å². The van der Waals surface area contributed by atoms with E-state index in [9.17, 15) is 14.7 Å². The van der Waals surface area contributed by atoms with Crippen molar-refractivity contribution < 1.29 is 14.6 Å². The van der Waals surface area contributed by atoms with Gasteiger partial charge in [-0.05, 0) is 30.7 Å². The van der Waals surface area contributed by atoms with Crippen LogP contribution in [-0.4, -0.2) is 20.6 Å². The molecule has 3 N–H and O–H groups in total. The maximum absolute atomic E-state index is 13.1. The maximum atomic E-state index is 13.1. The number of halogens is 1. The fourth-order valence-corrected chi connectivity index (χ4v) is 4.03. The predicted molar refractivity (Wildman–Crippen MR) is 106 cm³/mol. The summed E-state index contributed by atoms with van der Waals surface area (Å²) in [6.07, 6.45) is 0.121. The third-order valence-corrected chi connectivity index (χ3v) is 5.59. The number of ether oxygens (including phenoxy) is 1. The summed E-state index contributed by atoms with van der Waals surface area (Å²) in [6.45, 7) is 1.92. The number of nitrogen functional groups attached to an aromatic ring is 1. The van der Waals surface area contributed by atoms with Crippen LogP contribution < -0.4 is 11.3 Å². The molecule has 5 rings (SSSR count). The lowest BCUT2D eigenvalue weighted by Crippen LogP contribution is -2.44. The number of nitrogens with zero attached hydrogens (tertiary/aromatic N) is 2. The van der Waals surface area contributed by atoms with Crippen molar-refractivity contribution in [2.45, 2.75) is 32.1 Å². The van der Waals surface area contributed by atoms with E-state index in [0.29, 0.717) is 34.7 Å². The topological polar surface area (TPSA) is 107 Å². The van der Waals surface area contributed by atoms with Gasteiger partial charge in [0.2, 0.25) is 0 Å². The molecule has 0 bridgehead atoms. The Kier molecular flexibility index (Phi) is 3.99. The number of carbonyl (C=O) groups is 1. The molecule has 0 aliphatic carbocycles. The fraction of sp³-hybridized carbons (Fsp3) is 0.250. The van der Waals surface area contributed by atoms with Crippen molar-refractivity contribution in [2.75, 3.05) is 5.73 Å². The molecule has 1 aromatic carbocycles. The van der Waals surface area contributed by atoms with Crippen molar-refractivity contribution in [2.24, 2.45) is 0 Å². The molecule has 0 saturated heterocycles. The van der Waals surface area contributed by atoms with E-state index in [2.05, 4.69) is 0 Å². The van der Waals surface area contributed by atoms with Gasteiger partial charge in [0, 0.05) is 22.2 Å². The van der Waals surface area contributed by atoms with Crippen LogP contribution >= 0.6 is 12.4 Å². The van der Waals surface area contributed by atoms with Gasteiger partial charge in [0.25, 0.3) is 5.56 Å². The largest absolute Gasteiger partial charge is 0.458 e. The Morgan fingerprint density at radius 1 is 1.32 bits per heavy atom. The Hall–Kier alpha value is -2.90. The monoisotopic (exact) mass is 399 g/mol. The fourth-order valence-electron chi connectivity index (χ4n) is 4.03. The zero-order valence-corrected chi connectivity index (χ0v) is 15.9. The van der Waals surface area contributed by atoms with Crippen LogP contribution in [0.2, 0.25) is 0 Å². The van der Waals surface area contributed by atoms with Crippen molar-refractivity contribution in [1.29, 1.82) is 0 Å². The summed E-state index contributed by atoms with van der Waals surface area (Å²) in [5.74, 6) is -0.723. The van der Waals surface area contributed by atoms with E-state index in [1.807, 2.05) is 24.3 Å². The summed E-state index contributed by atoms with van der Waals surface area (Å²) < 4.78 is 6.68. The highest BCUT2D eigenvalue weighted by Gasteiger charge is 2.45. The minimum Gasteiger partial charge on any atom is -0.458 e. The molecule has 0 spiro atoms. The number of fused-ring (bicyclic) bond motifs is 5. The van der Waals surface area contributed by atoms with Gasteiger partial charge >= 0.3 is 5.97 Å². The molecule has 0 saturated carbocycles. The SMILES string of the molecule is CC[C@@]1(O)C(=O)OCc2c1cc1n(c2=O)Cc2cc3c(N)cccc3nc2-1.Cl. The Morgan fingerprint density at radius 3 is 2.86 bits per heavy atom. The van der Waals surface area contributed by atoms with E-state index in [-0.39, 0.29) is 31.0 Å². The van der Waals surface area contributed by atoms with Gasteiger partial charge in [-0.25, -0.2) is 9.78 Å². The Balaban J connectivity index is 0.00000192. The normalized spacial score (nSPS) is 19.4. The van der Waals surface area contributed by atoms with Crippen molar-refractivity contribution >= 4 is 35.0 Å². The van der Waals surface area contributed by atoms with Gasteiger partial charge in [0.05, 0.1) is 29.0 Å². The van der Waals surface area contributed by atoms with E-state index in [4.69, 9.17) is 15.5 Å². The molecule has 28 heavy (non-hydrogen) atoms. The van der Waals surface area contributed by atoms with Crippen LogP contribution in [0.4, 0.5) is 5.69 Å². The zero-order chi connectivity index (χ0) is 18.9. The number of carbonyl (C=O) groups excluding carboxylic acids is 1. The number of aliphatic hydroxyl groups is 1. The first-order valence-corrected chi connectivity index (χ1v) is 8.79. The van der Waals surface area contributed by atoms with Crippen molar-refractivity contribution in [3.63, 3.8) is 0 Å². The second kappa shape index (κ2) is 6.05. The van der Waals surface area contributed by atoms with E-state index < -0.39 is 11.6 Å². The molecule has 2 aliphatic rings. The molecule has 1 atom stereocenters. The first-order valence-electron chi connectivity index (χ1n) is 8.79. The number of cyclic esters (lactones) is 1. The third kappa shape index (κ3) is 2.23. The molecule has 7 nitrogen and oxygen atoms in total. The molecule has 0 radical (unpaired) electrons. The predicted octanol–water partition coefficient (Wildman–Crippen LogP) is 2.08. The van der Waals surface area contributed by atoms with Crippen LogP contribution in [0.15, 0.2) is 35.1 Å². The quantitative estimate of drug-likeness (QED) is 0.375. The number of esters is 1. The number of nitrogens with two attached hydrogens (primary N) is 1. The Labute approximate surface area is 166 Å². The Morgan fingerprint density at radius 2 is 2.11 bits per heavy atom. The summed E-state index contributed by atoms with van der Waals surface area (Å²) in [5.41, 5.74) is 8.13. The van der Waals surface area contributed by atoms with Crippen molar-refractivity contribution in [1.82, 2.24) is 9.55 Å². The zero-order valence-electron chi connectivity index (χ0n) is 15.1. The lowest BCUT2D eigenvalue weighted by Gasteiger charge is -2.31. The number of aromatic nitrogens is 2. The smallest absolute Gasteiger partial charge is 0.343 e. The lowest BCUT2D eigenvalue weighted by molar-refractivity contribution is -0.172. The number of rotatable bonds is 1. The van der Waals surface area contributed by atoms with Gasteiger partial charge < -0.3 is 20.1 Å². The van der Waals surface area contributed by atoms with E-state index >= 15 is 0 Å². The first-order chi connectivity index (χ1) is 12.9. The highest BCUT2D eigenvalue weighted by Crippen LogP contribution is 2.38. The van der Waals surface area contributed by atoms with Gasteiger partial charge in [-0.1, -0.05) is 13.0 Å². The summed E-state index contributed by atoms with van der Waals surface area (Å²) in [5, 5.41) is 11.7. The maximum Gasteiger partial charge on any atom is 0.343 e. The molecule has 2 aliphatic heterocycles. The average molecular weight is 400 g/mol. The van der Waals surface area contributed by atoms with E-state index in [1.165, 1.54) is 0 Å². The number of hydrogen-bond donors (Lipinski definition) is 2. The van der Waals surface area contributed by atoms with Gasteiger partial charge in [-0.3, -0.25) is 4.79 Å².